The average Bonchev–Trinajstić information content (AvgIpc) is 3.95. The minimum absolute atomic E-state index is 0. The second-order valence-corrected chi connectivity index (χ2v) is 12.5. The van der Waals surface area contributed by atoms with Crippen LogP contribution in [0.15, 0.2) is 91.4 Å². The molecule has 294 valence electrons. The number of nitrogens with one attached hydrogen (secondary N) is 2. The zero-order chi connectivity index (χ0) is 40.5. The molecule has 0 aliphatic carbocycles. The molecule has 0 atom stereocenters. The molecule has 8 rings (SSSR count). The first-order valence-electron chi connectivity index (χ1n) is 17.4. The molecule has 8 heterocycles. The van der Waals surface area contributed by atoms with Crippen molar-refractivity contribution in [3.63, 3.8) is 0 Å². The van der Waals surface area contributed by atoms with E-state index in [2.05, 4.69) is 51.0 Å². The number of pyridine rings is 5. The number of halogens is 2. The van der Waals surface area contributed by atoms with Gasteiger partial charge >= 0.3 is 0 Å². The second kappa shape index (κ2) is 17.9. The summed E-state index contributed by atoms with van der Waals surface area (Å²) in [5.41, 5.74) is 2.90. The van der Waals surface area contributed by atoms with E-state index in [-0.39, 0.29) is 25.5 Å². The van der Waals surface area contributed by atoms with Crippen LogP contribution in [0.5, 0.6) is 23.0 Å². The Morgan fingerprint density at radius 1 is 0.789 bits per heavy atom. The van der Waals surface area contributed by atoms with E-state index in [0.717, 1.165) is 30.2 Å². The van der Waals surface area contributed by atoms with Crippen molar-refractivity contribution in [1.82, 2.24) is 49.1 Å². The molecule has 0 saturated heterocycles. The lowest BCUT2D eigenvalue weighted by molar-refractivity contribution is 0.101. The third-order valence-corrected chi connectivity index (χ3v) is 8.46. The summed E-state index contributed by atoms with van der Waals surface area (Å²) in [7, 11) is 0. The predicted molar refractivity (Wildman–Crippen MR) is 211 cm³/mol. The zero-order valence-corrected chi connectivity index (χ0v) is 32.0. The quantitative estimate of drug-likeness (QED) is 0.143. The molecule has 0 fully saturated rings. The highest BCUT2D eigenvalue weighted by Crippen LogP contribution is 2.27. The fourth-order valence-electron chi connectivity index (χ4n) is 5.11. The molecule has 0 bridgehead atoms. The number of thiazole rings is 1. The minimum Gasteiger partial charge on any atom is -0.454 e. The Kier molecular flexibility index (Phi) is 12.4. The zero-order valence-electron chi connectivity index (χ0n) is 31.1. The smallest absolute Gasteiger partial charge is 0.261 e. The van der Waals surface area contributed by atoms with Crippen molar-refractivity contribution in [2.24, 2.45) is 0 Å². The Labute approximate surface area is 330 Å². The third kappa shape index (κ3) is 9.70. The summed E-state index contributed by atoms with van der Waals surface area (Å²) in [4.78, 5) is 41.7. The molecule has 8 aromatic rings. The van der Waals surface area contributed by atoms with Crippen LogP contribution in [-0.4, -0.2) is 60.9 Å². The number of rotatable bonds is 9. The Morgan fingerprint density at radius 2 is 1.44 bits per heavy atom. The molecule has 0 unspecified atom stereocenters. The summed E-state index contributed by atoms with van der Waals surface area (Å²) in [6.45, 7) is 9.57. The lowest BCUT2D eigenvalue weighted by Gasteiger charge is -2.10. The number of carbonyl (C=O) groups is 2. The van der Waals surface area contributed by atoms with Crippen LogP contribution >= 0.6 is 11.3 Å². The fourth-order valence-corrected chi connectivity index (χ4v) is 5.79. The van der Waals surface area contributed by atoms with Crippen LogP contribution in [0, 0.1) is 25.5 Å². The summed E-state index contributed by atoms with van der Waals surface area (Å²) in [6, 6.07) is 10.9. The highest BCUT2D eigenvalue weighted by Gasteiger charge is 2.19. The monoisotopic (exact) mass is 796 g/mol. The van der Waals surface area contributed by atoms with Crippen LogP contribution in [0.3, 0.4) is 0 Å². The average molecular weight is 797 g/mol. The third-order valence-electron chi connectivity index (χ3n) is 7.59. The molecule has 8 aromatic heterocycles. The number of nitrogens with zero attached hydrogens (tertiary/aromatic N) is 10. The van der Waals surface area contributed by atoms with E-state index < -0.39 is 23.4 Å². The lowest BCUT2D eigenvalue weighted by atomic mass is 10.2. The number of aryl methyl sites for hydroxylation is 3. The van der Waals surface area contributed by atoms with Gasteiger partial charge in [-0.15, -0.1) is 31.7 Å². The van der Waals surface area contributed by atoms with Crippen LogP contribution in [0.2, 0.25) is 0 Å². The number of fused-ring (bicyclic) bond motifs is 2. The summed E-state index contributed by atoms with van der Waals surface area (Å²) in [5.74, 6) is 0.184. The van der Waals surface area contributed by atoms with Crippen molar-refractivity contribution in [1.29, 1.82) is 0 Å². The molecule has 0 radical (unpaired) electrons. The molecule has 2 amide bonds. The van der Waals surface area contributed by atoms with Crippen molar-refractivity contribution in [3.05, 3.63) is 131 Å². The maximum Gasteiger partial charge on any atom is 0.261 e. The first-order valence-corrected chi connectivity index (χ1v) is 18.3. The van der Waals surface area contributed by atoms with Crippen molar-refractivity contribution >= 4 is 45.4 Å². The van der Waals surface area contributed by atoms with Gasteiger partial charge in [-0.3, -0.25) is 33.7 Å². The van der Waals surface area contributed by atoms with Crippen molar-refractivity contribution in [3.8, 4) is 23.0 Å². The highest BCUT2D eigenvalue weighted by atomic mass is 32.1. The number of hydrogen-bond donors (Lipinski definition) is 2. The number of aromatic nitrogens is 10. The highest BCUT2D eigenvalue weighted by molar-refractivity contribution is 7.14. The summed E-state index contributed by atoms with van der Waals surface area (Å²) < 4.78 is 41.2. The van der Waals surface area contributed by atoms with E-state index in [4.69, 9.17) is 9.47 Å². The molecular formula is C38H38F2N12O4S. The van der Waals surface area contributed by atoms with Gasteiger partial charge in [-0.05, 0) is 44.5 Å². The van der Waals surface area contributed by atoms with Crippen molar-refractivity contribution < 1.29 is 30.7 Å². The molecule has 0 aromatic carbocycles. The van der Waals surface area contributed by atoms with Crippen LogP contribution < -0.4 is 20.1 Å². The first-order chi connectivity index (χ1) is 27.6. The largest absolute Gasteiger partial charge is 0.454 e. The normalized spacial score (nSPS) is 10.6. The summed E-state index contributed by atoms with van der Waals surface area (Å²) in [6.07, 6.45) is 10.3. The SMILES string of the molecule is CC.CCc1cccc(NC(=O)c2cc(Oc3cncc(F)c3)cn3c(C)nnc23)n1.Cc1csc(NC(=O)c2cc(Oc3cncc(F)c3)cn3cnnc23)n1.[HH].[HH]. The van der Waals surface area contributed by atoms with Gasteiger partial charge in [-0.2, -0.15) is 0 Å². The van der Waals surface area contributed by atoms with Gasteiger partial charge in [0.1, 0.15) is 52.6 Å². The van der Waals surface area contributed by atoms with Gasteiger partial charge in [-0.25, -0.2) is 18.7 Å². The van der Waals surface area contributed by atoms with Crippen molar-refractivity contribution in [2.75, 3.05) is 10.6 Å². The molecule has 57 heavy (non-hydrogen) atoms. The van der Waals surface area contributed by atoms with Crippen molar-refractivity contribution in [2.45, 2.75) is 41.0 Å². The van der Waals surface area contributed by atoms with E-state index in [1.165, 1.54) is 54.3 Å². The number of hydrogen-bond acceptors (Lipinski definition) is 13. The van der Waals surface area contributed by atoms with Gasteiger partial charge in [0.15, 0.2) is 16.4 Å². The number of amides is 2. The molecule has 0 spiro atoms. The molecule has 0 aliphatic rings. The fraction of sp³-hybridized carbons (Fsp3) is 0.158. The van der Waals surface area contributed by atoms with E-state index in [1.807, 2.05) is 45.2 Å². The molecule has 0 aliphatic heterocycles. The number of anilines is 2. The second-order valence-electron chi connectivity index (χ2n) is 11.6. The Bertz CT molecular complexity index is 2700. The van der Waals surface area contributed by atoms with Gasteiger partial charge in [0, 0.05) is 26.1 Å². The van der Waals surface area contributed by atoms with Gasteiger partial charge in [-0.1, -0.05) is 26.8 Å². The molecule has 0 saturated carbocycles. The molecule has 19 heteroatoms. The summed E-state index contributed by atoms with van der Waals surface area (Å²) in [5, 5.41) is 23.7. The number of carbonyl (C=O) groups excluding carboxylic acids is 2. The van der Waals surface area contributed by atoms with Crippen LogP contribution in [0.25, 0.3) is 11.3 Å². The van der Waals surface area contributed by atoms with Gasteiger partial charge in [0.2, 0.25) is 0 Å². The Balaban J connectivity index is 0.000000243. The van der Waals surface area contributed by atoms with Gasteiger partial charge < -0.3 is 14.8 Å². The lowest BCUT2D eigenvalue weighted by Crippen LogP contribution is -2.15. The van der Waals surface area contributed by atoms with Crippen LogP contribution in [0.4, 0.5) is 19.7 Å². The first kappa shape index (κ1) is 39.4. The Hall–Kier alpha value is -7.28. The van der Waals surface area contributed by atoms with E-state index >= 15 is 0 Å². The van der Waals surface area contributed by atoms with Gasteiger partial charge in [0.05, 0.1) is 54.0 Å². The summed E-state index contributed by atoms with van der Waals surface area (Å²) >= 11 is 1.32. The Morgan fingerprint density at radius 3 is 2.07 bits per heavy atom. The van der Waals surface area contributed by atoms with E-state index in [0.29, 0.717) is 39.6 Å². The molecule has 2 N–H and O–H groups in total. The maximum atomic E-state index is 13.4. The van der Waals surface area contributed by atoms with Crippen LogP contribution in [0.1, 0.15) is 61.6 Å². The topological polar surface area (TPSA) is 189 Å². The number of ether oxygens (including phenoxy) is 2. The predicted octanol–water partition coefficient (Wildman–Crippen LogP) is 8.16. The van der Waals surface area contributed by atoms with Gasteiger partial charge in [0.25, 0.3) is 11.8 Å². The molecule has 16 nitrogen and oxygen atoms in total. The molecular weight excluding hydrogens is 759 g/mol. The van der Waals surface area contributed by atoms with E-state index in [1.54, 1.807) is 34.2 Å². The minimum atomic E-state index is -0.524. The maximum absolute atomic E-state index is 13.4. The van der Waals surface area contributed by atoms with Crippen LogP contribution in [-0.2, 0) is 6.42 Å². The van der Waals surface area contributed by atoms with E-state index in [9.17, 15) is 18.4 Å². The standard InChI is InChI=1S/C20H17FN6O2.C16H11FN6O2S.C2H6.2H2/c1-3-14-5-4-6-18(23-14)24-20(28)17-8-16(11-27-12(2)25-26-19(17)27)29-15-7-13(21)9-22-10-15;1-9-7-26-16(20-9)21-15(24)13-3-12(6-23-8-19-22-14(13)23)25-11-2-10(17)4-18-5-11;1-2;;/h4-11H,3H2,1-2H3,(H,23,24,28);2-8H,1H3,(H,20,21,24);1-2H3;2*1H.